The van der Waals surface area contributed by atoms with Gasteiger partial charge in [0, 0.05) is 12.5 Å². The fourth-order valence-corrected chi connectivity index (χ4v) is 3.22. The van der Waals surface area contributed by atoms with Gasteiger partial charge in [0.05, 0.1) is 10.0 Å². The predicted octanol–water partition coefficient (Wildman–Crippen LogP) is 4.38. The maximum Gasteiger partial charge on any atom is 0.223 e. The first-order valence-electron chi connectivity index (χ1n) is 8.29. The third-order valence-corrected chi connectivity index (χ3v) is 4.66. The van der Waals surface area contributed by atoms with E-state index in [-0.39, 0.29) is 19.0 Å². The van der Waals surface area contributed by atoms with Crippen LogP contribution in [0.2, 0.25) is 0 Å². The highest BCUT2D eigenvalue weighted by Crippen LogP contribution is 2.34. The molecule has 0 saturated heterocycles. The third kappa shape index (κ3) is 3.78. The van der Waals surface area contributed by atoms with Crippen molar-refractivity contribution in [2.24, 2.45) is 0 Å². The van der Waals surface area contributed by atoms with Gasteiger partial charge in [0.2, 0.25) is 11.7 Å². The molecule has 27 heavy (non-hydrogen) atoms. The zero-order valence-electron chi connectivity index (χ0n) is 14.4. The van der Waals surface area contributed by atoms with E-state index >= 15 is 0 Å². The largest absolute Gasteiger partial charge is 0.487 e. The van der Waals surface area contributed by atoms with Crippen molar-refractivity contribution in [3.63, 3.8) is 0 Å². The van der Waals surface area contributed by atoms with Crippen molar-refractivity contribution in [3.8, 4) is 11.5 Å². The lowest BCUT2D eigenvalue weighted by atomic mass is 9.98. The first-order valence-corrected chi connectivity index (χ1v) is 9.08. The number of para-hydroxylation sites is 1. The summed E-state index contributed by atoms with van der Waals surface area (Å²) < 4.78 is 17.1. The number of aromatic nitrogens is 2. The molecule has 7 heteroatoms. The number of halogens is 1. The molecule has 6 nitrogen and oxygen atoms in total. The average Bonchev–Trinajstić information content (AvgIpc) is 3.09. The Morgan fingerprint density at radius 1 is 1.22 bits per heavy atom. The summed E-state index contributed by atoms with van der Waals surface area (Å²) >= 11 is 3.41. The van der Waals surface area contributed by atoms with E-state index in [1.165, 1.54) is 0 Å². The summed E-state index contributed by atoms with van der Waals surface area (Å²) in [5.74, 6) is 2.25. The van der Waals surface area contributed by atoms with Crippen LogP contribution in [-0.4, -0.2) is 22.5 Å². The molecule has 0 radical (unpaired) electrons. The van der Waals surface area contributed by atoms with E-state index in [4.69, 9.17) is 14.0 Å². The van der Waals surface area contributed by atoms with Gasteiger partial charge in [-0.25, -0.2) is 0 Å². The fourth-order valence-electron chi connectivity index (χ4n) is 2.74. The Bertz CT molecular complexity index is 1020. The van der Waals surface area contributed by atoms with Crippen molar-refractivity contribution in [1.82, 2.24) is 10.1 Å². The van der Waals surface area contributed by atoms with Crippen LogP contribution >= 0.6 is 15.9 Å². The molecule has 0 spiro atoms. The average molecular weight is 427 g/mol. The van der Waals surface area contributed by atoms with E-state index in [9.17, 15) is 4.79 Å². The zero-order chi connectivity index (χ0) is 18.8. The Kier molecular flexibility index (Phi) is 4.77. The second-order valence-corrected chi connectivity index (χ2v) is 6.85. The highest BCUT2D eigenvalue weighted by molar-refractivity contribution is 9.10. The molecule has 0 amide bonds. The van der Waals surface area contributed by atoms with E-state index < -0.39 is 0 Å². The van der Waals surface area contributed by atoms with Crippen LogP contribution in [0, 0.1) is 6.92 Å². The molecule has 136 valence electrons. The van der Waals surface area contributed by atoms with Gasteiger partial charge < -0.3 is 14.0 Å². The zero-order valence-corrected chi connectivity index (χ0v) is 16.0. The number of ether oxygens (including phenoxy) is 2. The number of hydrogen-bond donors (Lipinski definition) is 0. The fraction of sp³-hybridized carbons (Fsp3) is 0.150. The number of benzene rings is 2. The number of carbonyl (C=O) groups is 1. The molecule has 0 bridgehead atoms. The molecule has 0 unspecified atom stereocenters. The first kappa shape index (κ1) is 17.5. The van der Waals surface area contributed by atoms with Gasteiger partial charge in [0.15, 0.2) is 12.4 Å². The number of carbonyl (C=O) groups excluding carboxylic acids is 1. The minimum absolute atomic E-state index is 0.0228. The van der Waals surface area contributed by atoms with Crippen LogP contribution in [0.25, 0.3) is 6.08 Å². The number of aryl methyl sites for hydroxylation is 1. The maximum atomic E-state index is 12.7. The highest BCUT2D eigenvalue weighted by atomic mass is 79.9. The van der Waals surface area contributed by atoms with Gasteiger partial charge in [-0.2, -0.15) is 4.98 Å². The van der Waals surface area contributed by atoms with Crippen LogP contribution in [0.5, 0.6) is 11.5 Å². The molecule has 0 atom stereocenters. The third-order valence-electron chi connectivity index (χ3n) is 4.03. The van der Waals surface area contributed by atoms with Gasteiger partial charge in [-0.3, -0.25) is 4.79 Å². The molecule has 0 saturated carbocycles. The lowest BCUT2D eigenvalue weighted by Crippen LogP contribution is -2.19. The molecular weight excluding hydrogens is 412 g/mol. The second-order valence-electron chi connectivity index (χ2n) is 5.99. The van der Waals surface area contributed by atoms with E-state index in [2.05, 4.69) is 26.1 Å². The van der Waals surface area contributed by atoms with Gasteiger partial charge in [0.25, 0.3) is 0 Å². The van der Waals surface area contributed by atoms with Crippen LogP contribution < -0.4 is 9.47 Å². The molecule has 0 fully saturated rings. The Morgan fingerprint density at radius 2 is 2.04 bits per heavy atom. The molecule has 1 aromatic heterocycles. The maximum absolute atomic E-state index is 12.7. The summed E-state index contributed by atoms with van der Waals surface area (Å²) in [5.41, 5.74) is 2.07. The van der Waals surface area contributed by atoms with E-state index in [0.29, 0.717) is 34.4 Å². The van der Waals surface area contributed by atoms with Crippen LogP contribution in [0.1, 0.15) is 27.6 Å². The van der Waals surface area contributed by atoms with E-state index in [0.717, 1.165) is 10.0 Å². The lowest BCUT2D eigenvalue weighted by Gasteiger charge is -2.19. The van der Waals surface area contributed by atoms with Crippen LogP contribution in [0.15, 0.2) is 57.0 Å². The lowest BCUT2D eigenvalue weighted by molar-refractivity contribution is 0.100. The van der Waals surface area contributed by atoms with Crippen molar-refractivity contribution >= 4 is 27.8 Å². The number of nitrogens with zero attached hydrogens (tertiary/aromatic N) is 2. The quantitative estimate of drug-likeness (QED) is 0.576. The van der Waals surface area contributed by atoms with Gasteiger partial charge in [-0.05, 0) is 51.8 Å². The van der Waals surface area contributed by atoms with Gasteiger partial charge in [-0.1, -0.05) is 23.4 Å². The monoisotopic (exact) mass is 426 g/mol. The molecule has 0 aliphatic carbocycles. The van der Waals surface area contributed by atoms with Crippen molar-refractivity contribution < 1.29 is 18.8 Å². The number of rotatable bonds is 4. The van der Waals surface area contributed by atoms with E-state index in [1.807, 2.05) is 42.5 Å². The topological polar surface area (TPSA) is 74.5 Å². The van der Waals surface area contributed by atoms with Crippen LogP contribution in [0.4, 0.5) is 0 Å². The minimum atomic E-state index is -0.0228. The smallest absolute Gasteiger partial charge is 0.223 e. The molecular formula is C20H15BrN2O4. The van der Waals surface area contributed by atoms with Gasteiger partial charge in [0.1, 0.15) is 18.1 Å². The standard InChI is InChI=1S/C20H15BrN2O4/c1-12-22-18(23-27-12)11-25-15-7-5-13(6-8-15)9-14-10-26-20-16(19(14)24)3-2-4-17(20)21/h2-9H,10-11H2,1H3. The van der Waals surface area contributed by atoms with Crippen molar-refractivity contribution in [2.45, 2.75) is 13.5 Å². The summed E-state index contributed by atoms with van der Waals surface area (Å²) in [7, 11) is 0. The summed E-state index contributed by atoms with van der Waals surface area (Å²) in [6, 6.07) is 12.9. The summed E-state index contributed by atoms with van der Waals surface area (Å²) in [4.78, 5) is 16.8. The van der Waals surface area contributed by atoms with E-state index in [1.54, 1.807) is 13.0 Å². The molecule has 1 aliphatic rings. The molecule has 2 heterocycles. The highest BCUT2D eigenvalue weighted by Gasteiger charge is 2.24. The summed E-state index contributed by atoms with van der Waals surface area (Å²) in [6.45, 7) is 2.20. The van der Waals surface area contributed by atoms with Gasteiger partial charge >= 0.3 is 0 Å². The number of ketones is 1. The SMILES string of the molecule is Cc1nc(COc2ccc(C=C3COc4c(Br)cccc4C3=O)cc2)no1. The Labute approximate surface area is 163 Å². The van der Waals surface area contributed by atoms with Crippen LogP contribution in [0.3, 0.4) is 0 Å². The molecule has 1 aliphatic heterocycles. The molecule has 4 rings (SSSR count). The predicted molar refractivity (Wildman–Crippen MR) is 102 cm³/mol. The molecule has 3 aromatic rings. The Hall–Kier alpha value is -2.93. The number of Topliss-reactive ketones (excluding diaryl/α,β-unsaturated/α-hetero) is 1. The number of fused-ring (bicyclic) bond motifs is 1. The van der Waals surface area contributed by atoms with Crippen molar-refractivity contribution in [1.29, 1.82) is 0 Å². The summed E-state index contributed by atoms with van der Waals surface area (Å²) in [6.07, 6.45) is 1.83. The second kappa shape index (κ2) is 7.36. The van der Waals surface area contributed by atoms with Crippen molar-refractivity contribution in [2.75, 3.05) is 6.61 Å². The first-order chi connectivity index (χ1) is 13.1. The van der Waals surface area contributed by atoms with Crippen molar-refractivity contribution in [3.05, 3.63) is 75.4 Å². The number of hydrogen-bond acceptors (Lipinski definition) is 6. The Morgan fingerprint density at radius 3 is 2.78 bits per heavy atom. The summed E-state index contributed by atoms with van der Waals surface area (Å²) in [5, 5.41) is 3.78. The van der Waals surface area contributed by atoms with Gasteiger partial charge in [-0.15, -0.1) is 0 Å². The minimum Gasteiger partial charge on any atom is -0.487 e. The Balaban J connectivity index is 1.47. The molecule has 0 N–H and O–H groups in total. The normalized spacial score (nSPS) is 14.7. The molecule has 2 aromatic carbocycles. The van der Waals surface area contributed by atoms with Crippen LogP contribution in [-0.2, 0) is 6.61 Å².